The summed E-state index contributed by atoms with van der Waals surface area (Å²) in [5.74, 6) is 7.14. The van der Waals surface area contributed by atoms with Crippen LogP contribution in [0.3, 0.4) is 0 Å². The van der Waals surface area contributed by atoms with E-state index in [-0.39, 0.29) is 5.41 Å². The molecule has 4 saturated heterocycles. The summed E-state index contributed by atoms with van der Waals surface area (Å²) in [6.07, 6.45) is 50.7. The minimum atomic E-state index is 0.273. The summed E-state index contributed by atoms with van der Waals surface area (Å²) in [4.78, 5) is 6.18. The van der Waals surface area contributed by atoms with Crippen molar-refractivity contribution < 1.29 is 9.47 Å². The minimum Gasteiger partial charge on any atom is -0.492 e. The van der Waals surface area contributed by atoms with Gasteiger partial charge in [-0.3, -0.25) is 0 Å². The third kappa shape index (κ3) is 4.81. The van der Waals surface area contributed by atoms with Crippen molar-refractivity contribution in [1.29, 1.82) is 0 Å². The largest absolute Gasteiger partial charge is 0.492 e. The Morgan fingerprint density at radius 3 is 2.08 bits per heavy atom. The van der Waals surface area contributed by atoms with Crippen molar-refractivity contribution in [2.75, 3.05) is 0 Å². The van der Waals surface area contributed by atoms with Crippen molar-refractivity contribution in [3.05, 3.63) is 59.7 Å². The van der Waals surface area contributed by atoms with Gasteiger partial charge >= 0.3 is 0 Å². The number of hydrogen-bond acceptors (Lipinski definition) is 4. The second-order valence-corrected chi connectivity index (χ2v) is 20.4. The Balaban J connectivity index is 1.02. The Hall–Kier alpha value is -1.94. The maximum absolute atomic E-state index is 7.75. The quantitative estimate of drug-likeness (QED) is 0.266. The first-order valence-electron chi connectivity index (χ1n) is 23.6. The summed E-state index contributed by atoms with van der Waals surface area (Å²) in [5, 5.41) is 0. The molecule has 8 aliphatic carbocycles. The van der Waals surface area contributed by atoms with Gasteiger partial charge in [-0.2, -0.15) is 0 Å². The number of allylic oxidation sites excluding steroid dienone is 6. The highest BCUT2D eigenvalue weighted by molar-refractivity contribution is 5.33. The van der Waals surface area contributed by atoms with E-state index < -0.39 is 0 Å². The SMILES string of the molecule is C1=CC2C(CC1)C1CCCCC1N2C1=CC2C(CC1)OC1CCCCC1C21C2CCCC(N3C4CCC=CC4C4C=CCCC43)=C2OC2CCCCC21. The lowest BCUT2D eigenvalue weighted by Gasteiger charge is -2.68. The maximum atomic E-state index is 7.75. The normalized spacial score (nSPS) is 50.9. The fourth-order valence-electron chi connectivity index (χ4n) is 17.0. The molecule has 4 heteroatoms. The molecule has 0 radical (unpaired) electrons. The van der Waals surface area contributed by atoms with Gasteiger partial charge in [0, 0.05) is 58.8 Å². The van der Waals surface area contributed by atoms with Crippen LogP contribution in [0.4, 0.5) is 0 Å². The highest BCUT2D eigenvalue weighted by atomic mass is 16.5. The molecule has 3 saturated carbocycles. The van der Waals surface area contributed by atoms with E-state index in [1.165, 1.54) is 153 Å². The van der Waals surface area contributed by atoms with Crippen molar-refractivity contribution in [1.82, 2.24) is 9.80 Å². The van der Waals surface area contributed by atoms with E-state index in [4.69, 9.17) is 9.47 Å². The van der Waals surface area contributed by atoms with Crippen molar-refractivity contribution in [3.63, 3.8) is 0 Å². The molecule has 0 aromatic carbocycles. The summed E-state index contributed by atoms with van der Waals surface area (Å²) < 4.78 is 15.3. The smallest absolute Gasteiger partial charge is 0.119 e. The summed E-state index contributed by atoms with van der Waals surface area (Å²) in [7, 11) is 0. The maximum Gasteiger partial charge on any atom is 0.119 e. The molecule has 4 aliphatic heterocycles. The van der Waals surface area contributed by atoms with Crippen LogP contribution in [0.5, 0.6) is 0 Å². The van der Waals surface area contributed by atoms with Gasteiger partial charge in [-0.1, -0.05) is 74.6 Å². The molecule has 4 heterocycles. The van der Waals surface area contributed by atoms with Crippen molar-refractivity contribution in [2.24, 2.45) is 52.8 Å². The lowest BCUT2D eigenvalue weighted by molar-refractivity contribution is -0.266. The Bertz CT molecular complexity index is 1550. The minimum absolute atomic E-state index is 0.273. The second-order valence-electron chi connectivity index (χ2n) is 20.4. The predicted octanol–water partition coefficient (Wildman–Crippen LogP) is 11.0. The number of likely N-dealkylation sites (tertiary alicyclic amines) is 2. The van der Waals surface area contributed by atoms with Gasteiger partial charge in [0.05, 0.1) is 23.9 Å². The second kappa shape index (κ2) is 13.1. The van der Waals surface area contributed by atoms with Crippen LogP contribution in [0, 0.1) is 52.8 Å². The van der Waals surface area contributed by atoms with Gasteiger partial charge in [0.15, 0.2) is 0 Å². The van der Waals surface area contributed by atoms with Crippen LogP contribution >= 0.6 is 0 Å². The molecule has 0 aromatic heterocycles. The number of ether oxygens (including phenoxy) is 2. The molecular formula is C49H68N2O2. The Morgan fingerprint density at radius 2 is 1.25 bits per heavy atom. The van der Waals surface area contributed by atoms with E-state index in [9.17, 15) is 0 Å². The zero-order valence-corrected chi connectivity index (χ0v) is 32.7. The number of hydrogen-bond donors (Lipinski definition) is 0. The molecule has 0 aromatic rings. The monoisotopic (exact) mass is 717 g/mol. The van der Waals surface area contributed by atoms with Gasteiger partial charge in [-0.15, -0.1) is 0 Å². The highest BCUT2D eigenvalue weighted by Gasteiger charge is 2.68. The van der Waals surface area contributed by atoms with Gasteiger partial charge in [0.25, 0.3) is 0 Å². The van der Waals surface area contributed by atoms with Gasteiger partial charge < -0.3 is 19.3 Å². The van der Waals surface area contributed by atoms with Gasteiger partial charge in [0.1, 0.15) is 11.9 Å². The lowest BCUT2D eigenvalue weighted by Crippen LogP contribution is -2.67. The van der Waals surface area contributed by atoms with Crippen LogP contribution in [-0.4, -0.2) is 52.3 Å². The summed E-state index contributed by atoms with van der Waals surface area (Å²) in [6.45, 7) is 0. The first kappa shape index (κ1) is 33.2. The van der Waals surface area contributed by atoms with Gasteiger partial charge in [0.2, 0.25) is 0 Å². The average Bonchev–Trinajstić information content (AvgIpc) is 3.74. The third-order valence-electron chi connectivity index (χ3n) is 18.6. The molecule has 4 nitrogen and oxygen atoms in total. The van der Waals surface area contributed by atoms with Crippen LogP contribution in [-0.2, 0) is 9.47 Å². The van der Waals surface area contributed by atoms with E-state index in [1.54, 1.807) is 11.4 Å². The molecule has 1 spiro atoms. The Labute approximate surface area is 320 Å². The first-order chi connectivity index (χ1) is 26.3. The standard InChI is InChI=1S/C49H68N2O2/c1-7-21-40-32(14-1)33-15-2-8-22-41(33)50(40)31-28-29-47-39(30-31)49(36-18-5-11-26-45(36)52-47)37-19-6-12-27-46(37)53-48-38(49)20-13-25-44(48)51-42-23-9-3-16-34(42)35-17-4-10-24-43(35)51/h3-4,7,16-17,21,30,32-43,45-47H,1-2,5-6,8-15,18-20,22-29H2. The van der Waals surface area contributed by atoms with Crippen LogP contribution in [0.25, 0.3) is 0 Å². The van der Waals surface area contributed by atoms with Gasteiger partial charge in [-0.25, -0.2) is 0 Å². The molecule has 16 atom stereocenters. The molecule has 53 heavy (non-hydrogen) atoms. The van der Waals surface area contributed by atoms with E-state index in [0.29, 0.717) is 71.9 Å². The van der Waals surface area contributed by atoms with Crippen molar-refractivity contribution in [3.8, 4) is 0 Å². The summed E-state index contributed by atoms with van der Waals surface area (Å²) >= 11 is 0. The third-order valence-corrected chi connectivity index (χ3v) is 18.6. The Kier molecular flexibility index (Phi) is 8.19. The van der Waals surface area contributed by atoms with E-state index >= 15 is 0 Å². The zero-order valence-electron chi connectivity index (χ0n) is 32.7. The van der Waals surface area contributed by atoms with Gasteiger partial charge in [-0.05, 0) is 133 Å². The van der Waals surface area contributed by atoms with E-state index in [2.05, 4.69) is 52.3 Å². The topological polar surface area (TPSA) is 24.9 Å². The van der Waals surface area contributed by atoms with Crippen molar-refractivity contribution >= 4 is 0 Å². The molecule has 0 N–H and O–H groups in total. The predicted molar refractivity (Wildman–Crippen MR) is 211 cm³/mol. The zero-order chi connectivity index (χ0) is 34.7. The molecule has 0 bridgehead atoms. The summed E-state index contributed by atoms with van der Waals surface area (Å²) in [5.41, 5.74) is 3.73. The fraction of sp³-hybridized carbons (Fsp3) is 0.796. The molecule has 16 unspecified atom stereocenters. The van der Waals surface area contributed by atoms with Crippen LogP contribution in [0.1, 0.15) is 148 Å². The number of rotatable bonds is 2. The molecule has 286 valence electrons. The lowest BCUT2D eigenvalue weighted by atomic mass is 9.43. The molecule has 0 amide bonds. The van der Waals surface area contributed by atoms with Crippen LogP contribution < -0.4 is 0 Å². The van der Waals surface area contributed by atoms with E-state index in [0.717, 1.165) is 17.9 Å². The highest BCUT2D eigenvalue weighted by Crippen LogP contribution is 2.69. The molecule has 7 fully saturated rings. The number of nitrogens with zero attached hydrogens (tertiary/aromatic N) is 2. The van der Waals surface area contributed by atoms with Crippen LogP contribution in [0.15, 0.2) is 59.7 Å². The first-order valence-corrected chi connectivity index (χ1v) is 23.6. The fourth-order valence-corrected chi connectivity index (χ4v) is 17.0. The molecule has 12 aliphatic rings. The number of fused-ring (bicyclic) bond motifs is 14. The molecular weight excluding hydrogens is 649 g/mol. The van der Waals surface area contributed by atoms with E-state index in [1.807, 2.05) is 0 Å². The van der Waals surface area contributed by atoms with Crippen molar-refractivity contribution in [2.45, 2.75) is 190 Å². The average molecular weight is 717 g/mol. The Morgan fingerprint density at radius 1 is 0.547 bits per heavy atom. The summed E-state index contributed by atoms with van der Waals surface area (Å²) in [6, 6.07) is 2.72. The molecule has 12 rings (SSSR count). The van der Waals surface area contributed by atoms with Crippen LogP contribution in [0.2, 0.25) is 0 Å².